The first-order chi connectivity index (χ1) is 16.8. The van der Waals surface area contributed by atoms with Crippen LogP contribution in [0.3, 0.4) is 0 Å². The minimum absolute atomic E-state index is 0.0609. The standard InChI is InChI=1S/C25H31N3O5S2/c1-5-27(6-2)18-8-10-19(11-9-18)28-20-15-35(30,31)16-23(20)34-25(28)26-24(29)14-17-7-12-21(32-3)22(13-17)33-4/h7-13,20,23H,5-6,14-16H2,1-4H3/t20-,23+/m1/s1. The van der Waals surface area contributed by atoms with E-state index in [1.807, 2.05) is 35.2 Å². The van der Waals surface area contributed by atoms with E-state index in [-0.39, 0.29) is 35.1 Å². The number of hydrogen-bond donors (Lipinski definition) is 0. The second-order valence-electron chi connectivity index (χ2n) is 8.51. The molecule has 2 aliphatic rings. The van der Waals surface area contributed by atoms with Gasteiger partial charge in [-0.2, -0.15) is 4.99 Å². The molecule has 4 rings (SSSR count). The molecule has 2 saturated heterocycles. The van der Waals surface area contributed by atoms with Crippen molar-refractivity contribution in [1.29, 1.82) is 0 Å². The second kappa shape index (κ2) is 10.5. The van der Waals surface area contributed by atoms with Gasteiger partial charge in [-0.25, -0.2) is 8.42 Å². The van der Waals surface area contributed by atoms with Crippen molar-refractivity contribution in [2.45, 2.75) is 31.6 Å². The number of nitrogens with zero attached hydrogens (tertiary/aromatic N) is 3. The number of hydrogen-bond acceptors (Lipinski definition) is 7. The third-order valence-corrected chi connectivity index (χ3v) is 9.56. The summed E-state index contributed by atoms with van der Waals surface area (Å²) in [6.45, 7) is 6.01. The van der Waals surface area contributed by atoms with Crippen molar-refractivity contribution in [3.8, 4) is 11.5 Å². The van der Waals surface area contributed by atoms with Crippen molar-refractivity contribution in [2.24, 2.45) is 4.99 Å². The van der Waals surface area contributed by atoms with Gasteiger partial charge < -0.3 is 19.3 Å². The Morgan fingerprint density at radius 3 is 2.37 bits per heavy atom. The molecule has 10 heteroatoms. The number of amidine groups is 1. The summed E-state index contributed by atoms with van der Waals surface area (Å²) in [6, 6.07) is 13.1. The monoisotopic (exact) mass is 517 g/mol. The lowest BCUT2D eigenvalue weighted by atomic mass is 10.1. The summed E-state index contributed by atoms with van der Waals surface area (Å²) in [7, 11) is -0.0148. The van der Waals surface area contributed by atoms with Crippen LogP contribution in [0, 0.1) is 0 Å². The Labute approximate surface area is 211 Å². The Bertz CT molecular complexity index is 1210. The van der Waals surface area contributed by atoms with Gasteiger partial charge in [0, 0.05) is 29.7 Å². The van der Waals surface area contributed by atoms with E-state index in [1.54, 1.807) is 26.4 Å². The largest absolute Gasteiger partial charge is 0.493 e. The van der Waals surface area contributed by atoms with Gasteiger partial charge in [0.15, 0.2) is 26.5 Å². The van der Waals surface area contributed by atoms with Crippen molar-refractivity contribution in [1.82, 2.24) is 0 Å². The molecule has 2 aromatic rings. The number of rotatable bonds is 8. The van der Waals surface area contributed by atoms with Gasteiger partial charge in [0.25, 0.3) is 5.91 Å². The summed E-state index contributed by atoms with van der Waals surface area (Å²) in [4.78, 5) is 21.6. The Morgan fingerprint density at radius 1 is 1.06 bits per heavy atom. The highest BCUT2D eigenvalue weighted by atomic mass is 32.2. The van der Waals surface area contributed by atoms with Crippen LogP contribution in [0.1, 0.15) is 19.4 Å². The van der Waals surface area contributed by atoms with Crippen molar-refractivity contribution in [3.05, 3.63) is 48.0 Å². The molecule has 188 valence electrons. The molecule has 0 unspecified atom stereocenters. The van der Waals surface area contributed by atoms with Crippen LogP contribution in [0.2, 0.25) is 0 Å². The molecule has 0 saturated carbocycles. The van der Waals surface area contributed by atoms with E-state index in [0.717, 1.165) is 30.0 Å². The smallest absolute Gasteiger partial charge is 0.252 e. The predicted octanol–water partition coefficient (Wildman–Crippen LogP) is 3.39. The Hall–Kier alpha value is -2.72. The molecule has 2 fully saturated rings. The van der Waals surface area contributed by atoms with Crippen molar-refractivity contribution in [3.63, 3.8) is 0 Å². The van der Waals surface area contributed by atoms with E-state index in [9.17, 15) is 13.2 Å². The molecule has 2 aromatic carbocycles. The van der Waals surface area contributed by atoms with Gasteiger partial charge in [0.05, 0.1) is 38.2 Å². The average molecular weight is 518 g/mol. The van der Waals surface area contributed by atoms with Gasteiger partial charge in [-0.1, -0.05) is 17.8 Å². The maximum atomic E-state index is 12.9. The number of carbonyl (C=O) groups is 1. The fourth-order valence-electron chi connectivity index (χ4n) is 4.59. The summed E-state index contributed by atoms with van der Waals surface area (Å²) in [5.41, 5.74) is 2.71. The molecule has 8 nitrogen and oxygen atoms in total. The first-order valence-electron chi connectivity index (χ1n) is 11.6. The number of ether oxygens (including phenoxy) is 2. The fourth-order valence-corrected chi connectivity index (χ4v) is 8.52. The van der Waals surface area contributed by atoms with Gasteiger partial charge >= 0.3 is 0 Å². The SMILES string of the molecule is CCN(CC)c1ccc(N2C(=NC(=O)Cc3ccc(OC)c(OC)c3)S[C@H]3CS(=O)(=O)C[C@H]32)cc1. The third kappa shape index (κ3) is 5.43. The van der Waals surface area contributed by atoms with E-state index < -0.39 is 9.84 Å². The molecule has 0 radical (unpaired) electrons. The minimum atomic E-state index is -3.13. The number of anilines is 2. The zero-order chi connectivity index (χ0) is 25.2. The summed E-state index contributed by atoms with van der Waals surface area (Å²) in [5.74, 6) is 1.00. The highest BCUT2D eigenvalue weighted by Gasteiger charge is 2.49. The van der Waals surface area contributed by atoms with Gasteiger partial charge in [0.1, 0.15) is 0 Å². The number of sulfone groups is 1. The van der Waals surface area contributed by atoms with Crippen LogP contribution in [0.15, 0.2) is 47.5 Å². The zero-order valence-electron chi connectivity index (χ0n) is 20.4. The number of aliphatic imine (C=N–C) groups is 1. The Morgan fingerprint density at radius 2 is 1.74 bits per heavy atom. The number of benzene rings is 2. The van der Waals surface area contributed by atoms with Gasteiger partial charge in [-0.3, -0.25) is 4.79 Å². The molecule has 0 aliphatic carbocycles. The third-order valence-electron chi connectivity index (χ3n) is 6.35. The Balaban J connectivity index is 1.61. The van der Waals surface area contributed by atoms with E-state index in [0.29, 0.717) is 16.7 Å². The summed E-state index contributed by atoms with van der Waals surface area (Å²) in [6.07, 6.45) is 0.104. The van der Waals surface area contributed by atoms with Crippen LogP contribution in [0.4, 0.5) is 11.4 Å². The predicted molar refractivity (Wildman–Crippen MR) is 142 cm³/mol. The van der Waals surface area contributed by atoms with Gasteiger partial charge in [0.2, 0.25) is 0 Å². The fraction of sp³-hybridized carbons (Fsp3) is 0.440. The van der Waals surface area contributed by atoms with E-state index >= 15 is 0 Å². The molecule has 0 bridgehead atoms. The number of thioether (sulfide) groups is 1. The highest BCUT2D eigenvalue weighted by molar-refractivity contribution is 8.16. The maximum Gasteiger partial charge on any atom is 0.252 e. The second-order valence-corrected chi connectivity index (χ2v) is 11.9. The van der Waals surface area contributed by atoms with Crippen LogP contribution in [0.25, 0.3) is 0 Å². The molecular formula is C25H31N3O5S2. The summed E-state index contributed by atoms with van der Waals surface area (Å²) >= 11 is 1.38. The lowest BCUT2D eigenvalue weighted by Gasteiger charge is -2.26. The van der Waals surface area contributed by atoms with E-state index in [2.05, 4.69) is 23.7 Å². The number of methoxy groups -OCH3 is 2. The van der Waals surface area contributed by atoms with Crippen LogP contribution < -0.4 is 19.3 Å². The normalized spacial score (nSPS) is 21.7. The van der Waals surface area contributed by atoms with Gasteiger partial charge in [-0.15, -0.1) is 0 Å². The van der Waals surface area contributed by atoms with E-state index in [1.165, 1.54) is 11.8 Å². The molecule has 1 amide bonds. The molecule has 0 aromatic heterocycles. The maximum absolute atomic E-state index is 12.9. The van der Waals surface area contributed by atoms with Crippen molar-refractivity contribution >= 4 is 44.0 Å². The lowest BCUT2D eigenvalue weighted by Crippen LogP contribution is -2.37. The first-order valence-corrected chi connectivity index (χ1v) is 14.3. The molecule has 0 spiro atoms. The van der Waals surface area contributed by atoms with Gasteiger partial charge in [-0.05, 0) is 55.8 Å². The summed E-state index contributed by atoms with van der Waals surface area (Å²) in [5, 5.41) is 0.408. The Kier molecular flexibility index (Phi) is 7.61. The zero-order valence-corrected chi connectivity index (χ0v) is 22.1. The lowest BCUT2D eigenvalue weighted by molar-refractivity contribution is -0.117. The topological polar surface area (TPSA) is 88.5 Å². The molecule has 2 heterocycles. The number of amides is 1. The molecule has 2 atom stereocenters. The van der Waals surface area contributed by atoms with Crippen molar-refractivity contribution < 1.29 is 22.7 Å². The van der Waals surface area contributed by atoms with Crippen LogP contribution in [-0.2, 0) is 21.1 Å². The number of carbonyl (C=O) groups excluding carboxylic acids is 1. The quantitative estimate of drug-likeness (QED) is 0.527. The van der Waals surface area contributed by atoms with Crippen molar-refractivity contribution in [2.75, 3.05) is 48.6 Å². The molecule has 0 N–H and O–H groups in total. The summed E-state index contributed by atoms with van der Waals surface area (Å²) < 4.78 is 35.3. The van der Waals surface area contributed by atoms with E-state index in [4.69, 9.17) is 9.47 Å². The molecular weight excluding hydrogens is 486 g/mol. The molecule has 35 heavy (non-hydrogen) atoms. The van der Waals surface area contributed by atoms with Crippen LogP contribution >= 0.6 is 11.8 Å². The molecule has 2 aliphatic heterocycles. The minimum Gasteiger partial charge on any atom is -0.493 e. The number of fused-ring (bicyclic) bond motifs is 1. The van der Waals surface area contributed by atoms with Crippen LogP contribution in [-0.4, -0.2) is 69.6 Å². The average Bonchev–Trinajstić information content (AvgIpc) is 3.30. The van der Waals surface area contributed by atoms with Crippen LogP contribution in [0.5, 0.6) is 11.5 Å². The highest BCUT2D eigenvalue weighted by Crippen LogP contribution is 2.41. The first kappa shape index (κ1) is 25.4.